The Balaban J connectivity index is 1.79. The zero-order chi connectivity index (χ0) is 14.7. The molecular weight excluding hydrogens is 260 g/mol. The second-order valence-corrected chi connectivity index (χ2v) is 5.48. The first kappa shape index (κ1) is 13.6. The summed E-state index contributed by atoms with van der Waals surface area (Å²) < 4.78 is 0. The van der Waals surface area contributed by atoms with Gasteiger partial charge in [-0.25, -0.2) is 0 Å². The molecule has 0 aromatic heterocycles. The molecule has 0 radical (unpaired) electrons. The molecule has 0 atom stereocenters. The van der Waals surface area contributed by atoms with Crippen molar-refractivity contribution in [2.75, 3.05) is 0 Å². The molecule has 0 bridgehead atoms. The average molecular weight is 278 g/mol. The number of hydrogen-bond donors (Lipinski definition) is 1. The number of rotatable bonds is 3. The molecule has 0 saturated carbocycles. The summed E-state index contributed by atoms with van der Waals surface area (Å²) in [5.74, 6) is 0.213. The molecular formula is C19H18O2. The highest BCUT2D eigenvalue weighted by molar-refractivity contribution is 6.07. The fourth-order valence-electron chi connectivity index (χ4n) is 2.78. The van der Waals surface area contributed by atoms with E-state index >= 15 is 0 Å². The Morgan fingerprint density at radius 3 is 2.62 bits per heavy atom. The van der Waals surface area contributed by atoms with Crippen molar-refractivity contribution in [2.45, 2.75) is 25.7 Å². The summed E-state index contributed by atoms with van der Waals surface area (Å²) >= 11 is 0. The van der Waals surface area contributed by atoms with Gasteiger partial charge in [-0.15, -0.1) is 0 Å². The van der Waals surface area contributed by atoms with Gasteiger partial charge in [0.1, 0.15) is 5.75 Å². The maximum atomic E-state index is 12.2. The van der Waals surface area contributed by atoms with Crippen LogP contribution in [0, 0.1) is 0 Å². The molecule has 21 heavy (non-hydrogen) atoms. The van der Waals surface area contributed by atoms with Crippen molar-refractivity contribution in [3.63, 3.8) is 0 Å². The van der Waals surface area contributed by atoms with Crippen LogP contribution in [0.15, 0.2) is 48.5 Å². The van der Waals surface area contributed by atoms with Crippen LogP contribution in [0.25, 0.3) is 6.08 Å². The lowest BCUT2D eigenvalue weighted by atomic mass is 9.90. The Morgan fingerprint density at radius 1 is 1.00 bits per heavy atom. The maximum Gasteiger partial charge on any atom is 0.185 e. The number of fused-ring (bicyclic) bond motifs is 1. The third kappa shape index (κ3) is 3.22. The quantitative estimate of drug-likeness (QED) is 0.676. The summed E-state index contributed by atoms with van der Waals surface area (Å²) in [7, 11) is 0. The topological polar surface area (TPSA) is 37.3 Å². The van der Waals surface area contributed by atoms with Crippen molar-refractivity contribution in [1.29, 1.82) is 0 Å². The highest BCUT2D eigenvalue weighted by atomic mass is 16.3. The SMILES string of the molecule is O=C(/C=C/c1cccc(O)c1)c1ccc2c(c1)CCCC2. The number of ketones is 1. The minimum Gasteiger partial charge on any atom is -0.508 e. The Bertz CT molecular complexity index is 698. The van der Waals surface area contributed by atoms with Crippen LogP contribution in [0.5, 0.6) is 5.75 Å². The van der Waals surface area contributed by atoms with Gasteiger partial charge in [-0.1, -0.05) is 30.3 Å². The van der Waals surface area contributed by atoms with Crippen molar-refractivity contribution >= 4 is 11.9 Å². The number of aromatic hydroxyl groups is 1. The molecule has 2 heteroatoms. The third-order valence-corrected chi connectivity index (χ3v) is 3.93. The molecule has 3 rings (SSSR count). The minimum atomic E-state index is 0.00622. The summed E-state index contributed by atoms with van der Waals surface area (Å²) in [5, 5.41) is 9.41. The van der Waals surface area contributed by atoms with Gasteiger partial charge in [0, 0.05) is 5.56 Å². The third-order valence-electron chi connectivity index (χ3n) is 3.93. The first-order valence-corrected chi connectivity index (χ1v) is 7.35. The van der Waals surface area contributed by atoms with E-state index in [1.807, 2.05) is 18.2 Å². The van der Waals surface area contributed by atoms with Crippen molar-refractivity contribution in [1.82, 2.24) is 0 Å². The van der Waals surface area contributed by atoms with E-state index in [1.165, 1.54) is 24.0 Å². The normalized spacial score (nSPS) is 14.1. The predicted octanol–water partition coefficient (Wildman–Crippen LogP) is 4.17. The summed E-state index contributed by atoms with van der Waals surface area (Å²) in [6.07, 6.45) is 7.97. The molecule has 2 aromatic rings. The zero-order valence-corrected chi connectivity index (χ0v) is 11.9. The predicted molar refractivity (Wildman–Crippen MR) is 84.6 cm³/mol. The molecule has 0 saturated heterocycles. The highest BCUT2D eigenvalue weighted by Gasteiger charge is 2.11. The lowest BCUT2D eigenvalue weighted by Gasteiger charge is -2.15. The van der Waals surface area contributed by atoms with Gasteiger partial charge < -0.3 is 5.11 Å². The molecule has 106 valence electrons. The van der Waals surface area contributed by atoms with Crippen LogP contribution >= 0.6 is 0 Å². The highest BCUT2D eigenvalue weighted by Crippen LogP contribution is 2.22. The number of benzene rings is 2. The van der Waals surface area contributed by atoms with Crippen LogP contribution in [-0.2, 0) is 12.8 Å². The smallest absolute Gasteiger partial charge is 0.185 e. The lowest BCUT2D eigenvalue weighted by Crippen LogP contribution is -2.05. The molecule has 0 aliphatic heterocycles. The number of hydrogen-bond acceptors (Lipinski definition) is 2. The molecule has 1 N–H and O–H groups in total. The van der Waals surface area contributed by atoms with E-state index in [1.54, 1.807) is 30.4 Å². The molecule has 2 aromatic carbocycles. The van der Waals surface area contributed by atoms with Crippen LogP contribution in [0.3, 0.4) is 0 Å². The van der Waals surface area contributed by atoms with Gasteiger partial charge in [-0.05, 0) is 66.6 Å². The zero-order valence-electron chi connectivity index (χ0n) is 11.9. The molecule has 1 aliphatic carbocycles. The van der Waals surface area contributed by atoms with Crippen LogP contribution in [0.1, 0.15) is 39.9 Å². The lowest BCUT2D eigenvalue weighted by molar-refractivity contribution is 0.104. The van der Waals surface area contributed by atoms with E-state index in [0.717, 1.165) is 24.0 Å². The van der Waals surface area contributed by atoms with Crippen LogP contribution in [0.2, 0.25) is 0 Å². The summed E-state index contributed by atoms with van der Waals surface area (Å²) in [4.78, 5) is 12.2. The molecule has 0 heterocycles. The number of phenols is 1. The fourth-order valence-corrected chi connectivity index (χ4v) is 2.78. The van der Waals surface area contributed by atoms with E-state index in [4.69, 9.17) is 0 Å². The van der Waals surface area contributed by atoms with Crippen molar-refractivity contribution in [3.05, 3.63) is 70.8 Å². The van der Waals surface area contributed by atoms with Gasteiger partial charge >= 0.3 is 0 Å². The number of carbonyl (C=O) groups excluding carboxylic acids is 1. The van der Waals surface area contributed by atoms with Gasteiger partial charge in [-0.2, -0.15) is 0 Å². The molecule has 0 unspecified atom stereocenters. The van der Waals surface area contributed by atoms with Gasteiger partial charge in [0.2, 0.25) is 0 Å². The minimum absolute atomic E-state index is 0.00622. The fraction of sp³-hybridized carbons (Fsp3) is 0.211. The molecule has 1 aliphatic rings. The van der Waals surface area contributed by atoms with Gasteiger partial charge in [-0.3, -0.25) is 4.79 Å². The van der Waals surface area contributed by atoms with E-state index in [0.29, 0.717) is 0 Å². The average Bonchev–Trinajstić information content (AvgIpc) is 2.52. The number of phenolic OH excluding ortho intramolecular Hbond substituents is 1. The maximum absolute atomic E-state index is 12.2. The van der Waals surface area contributed by atoms with Gasteiger partial charge in [0.25, 0.3) is 0 Å². The summed E-state index contributed by atoms with van der Waals surface area (Å²) in [5.41, 5.74) is 4.26. The van der Waals surface area contributed by atoms with Crippen molar-refractivity contribution < 1.29 is 9.90 Å². The molecule has 0 fully saturated rings. The van der Waals surface area contributed by atoms with Crippen molar-refractivity contribution in [2.24, 2.45) is 0 Å². The Labute approximate surface area is 124 Å². The first-order valence-electron chi connectivity index (χ1n) is 7.35. The van der Waals surface area contributed by atoms with Crippen LogP contribution in [-0.4, -0.2) is 10.9 Å². The van der Waals surface area contributed by atoms with Crippen molar-refractivity contribution in [3.8, 4) is 5.75 Å². The van der Waals surface area contributed by atoms with Crippen LogP contribution < -0.4 is 0 Å². The Kier molecular flexibility index (Phi) is 3.87. The molecule has 0 amide bonds. The number of carbonyl (C=O) groups is 1. The molecule has 0 spiro atoms. The van der Waals surface area contributed by atoms with Gasteiger partial charge in [0.15, 0.2) is 5.78 Å². The monoisotopic (exact) mass is 278 g/mol. The Hall–Kier alpha value is -2.35. The van der Waals surface area contributed by atoms with E-state index in [-0.39, 0.29) is 11.5 Å². The summed E-state index contributed by atoms with van der Waals surface area (Å²) in [6.45, 7) is 0. The Morgan fingerprint density at radius 2 is 1.81 bits per heavy atom. The largest absolute Gasteiger partial charge is 0.508 e. The summed E-state index contributed by atoms with van der Waals surface area (Å²) in [6, 6.07) is 12.9. The second-order valence-electron chi connectivity index (χ2n) is 5.48. The number of allylic oxidation sites excluding steroid dienone is 1. The van der Waals surface area contributed by atoms with E-state index in [9.17, 15) is 9.90 Å². The van der Waals surface area contributed by atoms with Gasteiger partial charge in [0.05, 0.1) is 0 Å². The van der Waals surface area contributed by atoms with E-state index in [2.05, 4.69) is 6.07 Å². The second kappa shape index (κ2) is 5.96. The molecule has 2 nitrogen and oxygen atoms in total. The number of aryl methyl sites for hydroxylation is 2. The van der Waals surface area contributed by atoms with E-state index < -0.39 is 0 Å². The standard InChI is InChI=1S/C19H18O2/c20-18-7-3-4-14(12-18)8-11-19(21)17-10-9-15-5-1-2-6-16(15)13-17/h3-4,7-13,20H,1-2,5-6H2/b11-8+. The van der Waals surface area contributed by atoms with Crippen LogP contribution in [0.4, 0.5) is 0 Å². The first-order chi connectivity index (χ1) is 10.2.